The largest absolute Gasteiger partial charge is 0.507 e. The SMILES string of the molecule is Oc1ccc2ccccc2c1-c1c(O)ccc2ccccc12.[Ce].[c-]1ccccc1. The first-order valence-corrected chi connectivity index (χ1v) is 9.08. The predicted molar refractivity (Wildman–Crippen MR) is 115 cm³/mol. The molecule has 3 heteroatoms. The van der Waals surface area contributed by atoms with Crippen molar-refractivity contribution >= 4 is 21.5 Å². The van der Waals surface area contributed by atoms with Gasteiger partial charge in [-0.1, -0.05) is 60.7 Å². The van der Waals surface area contributed by atoms with E-state index >= 15 is 0 Å². The van der Waals surface area contributed by atoms with Crippen molar-refractivity contribution in [1.29, 1.82) is 0 Å². The Balaban J connectivity index is 0.000000297. The van der Waals surface area contributed by atoms with Gasteiger partial charge in [0.2, 0.25) is 0 Å². The Morgan fingerprint density at radius 1 is 0.483 bits per heavy atom. The van der Waals surface area contributed by atoms with E-state index in [-0.39, 0.29) is 53.2 Å². The van der Waals surface area contributed by atoms with E-state index in [0.29, 0.717) is 11.1 Å². The van der Waals surface area contributed by atoms with Crippen molar-refractivity contribution in [2.24, 2.45) is 0 Å². The number of phenols is 2. The number of benzene rings is 5. The Morgan fingerprint density at radius 3 is 1.31 bits per heavy atom. The Labute approximate surface area is 203 Å². The van der Waals surface area contributed by atoms with Crippen molar-refractivity contribution in [2.45, 2.75) is 0 Å². The average molecular weight is 504 g/mol. The van der Waals surface area contributed by atoms with Crippen LogP contribution in [0.15, 0.2) is 103 Å². The molecule has 0 aliphatic rings. The molecule has 0 saturated carbocycles. The number of hydrogen-bond donors (Lipinski definition) is 2. The molecule has 0 atom stereocenters. The van der Waals surface area contributed by atoms with E-state index in [9.17, 15) is 10.2 Å². The molecular formula is C26H19CeO2-. The molecule has 0 fully saturated rings. The van der Waals surface area contributed by atoms with Crippen LogP contribution in [0.1, 0.15) is 0 Å². The van der Waals surface area contributed by atoms with Crippen LogP contribution in [0.25, 0.3) is 32.7 Å². The van der Waals surface area contributed by atoms with Gasteiger partial charge in [0.15, 0.2) is 0 Å². The molecule has 2 N–H and O–H groups in total. The second-order valence-electron chi connectivity index (χ2n) is 6.44. The van der Waals surface area contributed by atoms with E-state index in [1.807, 2.05) is 91.0 Å². The molecule has 0 radical (unpaired) electrons. The minimum atomic E-state index is 0. The maximum Gasteiger partial charge on any atom is 0.124 e. The van der Waals surface area contributed by atoms with Crippen molar-refractivity contribution in [3.05, 3.63) is 109 Å². The van der Waals surface area contributed by atoms with Crippen LogP contribution in [-0.4, -0.2) is 10.2 Å². The zero-order chi connectivity index (χ0) is 19.3. The van der Waals surface area contributed by atoms with Crippen LogP contribution in [0.2, 0.25) is 0 Å². The second-order valence-corrected chi connectivity index (χ2v) is 6.44. The summed E-state index contributed by atoms with van der Waals surface area (Å²) < 4.78 is 0. The molecule has 2 nitrogen and oxygen atoms in total. The van der Waals surface area contributed by atoms with E-state index in [2.05, 4.69) is 6.07 Å². The third-order valence-electron chi connectivity index (χ3n) is 4.67. The molecule has 29 heavy (non-hydrogen) atoms. The minimum Gasteiger partial charge on any atom is -0.507 e. The molecule has 0 aliphatic heterocycles. The van der Waals surface area contributed by atoms with Crippen LogP contribution in [0.4, 0.5) is 0 Å². The van der Waals surface area contributed by atoms with Gasteiger partial charge < -0.3 is 10.2 Å². The van der Waals surface area contributed by atoms with Crippen molar-refractivity contribution in [3.63, 3.8) is 0 Å². The number of phenolic OH excluding ortho intramolecular Hbond substituents is 2. The first-order valence-electron chi connectivity index (χ1n) is 9.08. The summed E-state index contributed by atoms with van der Waals surface area (Å²) in [6.45, 7) is 0. The van der Waals surface area contributed by atoms with E-state index in [1.54, 1.807) is 12.1 Å². The number of fused-ring (bicyclic) bond motifs is 2. The van der Waals surface area contributed by atoms with Crippen LogP contribution in [0, 0.1) is 47.8 Å². The summed E-state index contributed by atoms with van der Waals surface area (Å²) in [7, 11) is 0. The van der Waals surface area contributed by atoms with Gasteiger partial charge in [-0.3, -0.25) is 0 Å². The fourth-order valence-corrected chi connectivity index (χ4v) is 3.39. The molecule has 5 aromatic carbocycles. The van der Waals surface area contributed by atoms with Gasteiger partial charge in [-0.15, -0.1) is 0 Å². The fraction of sp³-hybridized carbons (Fsp3) is 0. The summed E-state index contributed by atoms with van der Waals surface area (Å²) in [6, 6.07) is 35.4. The number of rotatable bonds is 1. The van der Waals surface area contributed by atoms with Gasteiger partial charge in [0.25, 0.3) is 0 Å². The molecule has 0 heterocycles. The molecule has 0 unspecified atom stereocenters. The summed E-state index contributed by atoms with van der Waals surface area (Å²) >= 11 is 0. The summed E-state index contributed by atoms with van der Waals surface area (Å²) in [5, 5.41) is 24.8. The molecule has 0 amide bonds. The summed E-state index contributed by atoms with van der Waals surface area (Å²) in [5.74, 6) is 0.343. The Morgan fingerprint density at radius 2 is 0.931 bits per heavy atom. The van der Waals surface area contributed by atoms with Gasteiger partial charge in [-0.2, -0.15) is 36.4 Å². The maximum absolute atomic E-state index is 10.4. The first kappa shape index (κ1) is 21.3. The smallest absolute Gasteiger partial charge is 0.124 e. The van der Waals surface area contributed by atoms with Crippen LogP contribution in [0.3, 0.4) is 0 Å². The van der Waals surface area contributed by atoms with E-state index in [1.165, 1.54) is 0 Å². The monoisotopic (exact) mass is 503 g/mol. The summed E-state index contributed by atoms with van der Waals surface area (Å²) in [5.41, 5.74) is 1.35. The third kappa shape index (κ3) is 4.61. The molecule has 5 aromatic rings. The Bertz CT molecular complexity index is 1120. The molecule has 0 spiro atoms. The molecule has 0 saturated heterocycles. The van der Waals surface area contributed by atoms with E-state index in [0.717, 1.165) is 21.5 Å². The van der Waals surface area contributed by atoms with Gasteiger partial charge in [0.05, 0.1) is 0 Å². The minimum absolute atomic E-state index is 0. The van der Waals surface area contributed by atoms with Crippen molar-refractivity contribution in [1.82, 2.24) is 0 Å². The molecule has 0 aliphatic carbocycles. The van der Waals surface area contributed by atoms with Crippen LogP contribution in [-0.2, 0) is 0 Å². The molecule has 140 valence electrons. The van der Waals surface area contributed by atoms with Gasteiger partial charge in [0.1, 0.15) is 11.5 Å². The maximum atomic E-state index is 10.4. The van der Waals surface area contributed by atoms with Crippen molar-refractivity contribution in [2.75, 3.05) is 0 Å². The second kappa shape index (κ2) is 9.88. The topological polar surface area (TPSA) is 40.5 Å². The normalized spacial score (nSPS) is 10.1. The Hall–Kier alpha value is -2.40. The third-order valence-corrected chi connectivity index (χ3v) is 4.67. The molecule has 0 aromatic heterocycles. The summed E-state index contributed by atoms with van der Waals surface area (Å²) in [4.78, 5) is 0. The van der Waals surface area contributed by atoms with Gasteiger partial charge in [0, 0.05) is 52.9 Å². The quantitative estimate of drug-likeness (QED) is 0.255. The first-order chi connectivity index (χ1) is 13.8. The standard InChI is InChI=1S/C20H14O2.C6H5.Ce/c21-17-11-9-13-5-1-3-7-15(13)19(17)20-16-8-4-2-6-14(16)10-12-18(20)22;1-2-4-6-5-3-1;/h1-12,21-22H;1-5H;/q;-1;. The van der Waals surface area contributed by atoms with Crippen molar-refractivity contribution in [3.8, 4) is 22.6 Å². The van der Waals surface area contributed by atoms with Crippen molar-refractivity contribution < 1.29 is 52.0 Å². The fourth-order valence-electron chi connectivity index (χ4n) is 3.39. The van der Waals surface area contributed by atoms with Crippen LogP contribution < -0.4 is 0 Å². The number of hydrogen-bond acceptors (Lipinski definition) is 2. The summed E-state index contributed by atoms with van der Waals surface area (Å²) in [6.07, 6.45) is 0. The van der Waals surface area contributed by atoms with Gasteiger partial charge >= 0.3 is 0 Å². The molecular weight excluding hydrogens is 484 g/mol. The van der Waals surface area contributed by atoms with Crippen LogP contribution in [0.5, 0.6) is 11.5 Å². The van der Waals surface area contributed by atoms with Gasteiger partial charge in [-0.05, 0) is 33.7 Å². The van der Waals surface area contributed by atoms with Crippen LogP contribution >= 0.6 is 0 Å². The average Bonchev–Trinajstić information content (AvgIpc) is 2.76. The molecule has 0 bridgehead atoms. The zero-order valence-corrected chi connectivity index (χ0v) is 18.8. The van der Waals surface area contributed by atoms with E-state index < -0.39 is 0 Å². The Kier molecular flexibility index (Phi) is 7.26. The zero-order valence-electron chi connectivity index (χ0n) is 15.7. The molecule has 5 rings (SSSR count). The van der Waals surface area contributed by atoms with E-state index in [4.69, 9.17) is 0 Å². The predicted octanol–water partition coefficient (Wildman–Crippen LogP) is 6.56. The van der Waals surface area contributed by atoms with Gasteiger partial charge in [-0.25, -0.2) is 0 Å². The number of aromatic hydroxyl groups is 2.